The summed E-state index contributed by atoms with van der Waals surface area (Å²) in [4.78, 5) is 30.1. The van der Waals surface area contributed by atoms with E-state index in [1.807, 2.05) is 47.4 Å². The van der Waals surface area contributed by atoms with Gasteiger partial charge in [0.25, 0.3) is 0 Å². The van der Waals surface area contributed by atoms with E-state index in [-0.39, 0.29) is 23.8 Å². The molecule has 0 N–H and O–H groups in total. The van der Waals surface area contributed by atoms with E-state index in [0.717, 1.165) is 56.7 Å². The minimum Gasteiger partial charge on any atom is -0.497 e. The Labute approximate surface area is 196 Å². The van der Waals surface area contributed by atoms with Gasteiger partial charge in [-0.3, -0.25) is 9.59 Å². The van der Waals surface area contributed by atoms with Crippen LogP contribution in [0.25, 0.3) is 0 Å². The van der Waals surface area contributed by atoms with Gasteiger partial charge in [-0.05, 0) is 61.9 Å². The molecule has 4 rings (SSSR count). The average Bonchev–Trinajstić information content (AvgIpc) is 3.32. The van der Waals surface area contributed by atoms with Gasteiger partial charge >= 0.3 is 0 Å². The highest BCUT2D eigenvalue weighted by molar-refractivity contribution is 5.82. The number of hydrogen-bond donors (Lipinski definition) is 0. The number of ether oxygens (including phenoxy) is 2. The van der Waals surface area contributed by atoms with Gasteiger partial charge in [-0.1, -0.05) is 30.3 Å². The van der Waals surface area contributed by atoms with Crippen molar-refractivity contribution in [2.45, 2.75) is 44.6 Å². The van der Waals surface area contributed by atoms with E-state index in [0.29, 0.717) is 19.6 Å². The molecule has 2 amide bonds. The molecular weight excluding hydrogens is 416 g/mol. The summed E-state index contributed by atoms with van der Waals surface area (Å²) >= 11 is 0. The molecule has 2 aliphatic rings. The molecule has 0 radical (unpaired) electrons. The second-order valence-corrected chi connectivity index (χ2v) is 8.97. The number of nitrogens with zero attached hydrogens (tertiary/aromatic N) is 2. The summed E-state index contributed by atoms with van der Waals surface area (Å²) < 4.78 is 11.0. The van der Waals surface area contributed by atoms with Gasteiger partial charge < -0.3 is 19.3 Å². The van der Waals surface area contributed by atoms with Gasteiger partial charge in [0.2, 0.25) is 11.8 Å². The zero-order valence-electron chi connectivity index (χ0n) is 19.4. The fourth-order valence-corrected chi connectivity index (χ4v) is 4.98. The van der Waals surface area contributed by atoms with Crippen LogP contribution in [0.1, 0.15) is 37.7 Å². The lowest BCUT2D eigenvalue weighted by molar-refractivity contribution is -0.141. The first-order chi connectivity index (χ1) is 16.1. The van der Waals surface area contributed by atoms with E-state index in [9.17, 15) is 9.59 Å². The van der Waals surface area contributed by atoms with E-state index in [1.54, 1.807) is 7.11 Å². The van der Waals surface area contributed by atoms with Crippen molar-refractivity contribution in [2.75, 3.05) is 33.4 Å². The Balaban J connectivity index is 1.30. The quantitative estimate of drug-likeness (QED) is 0.611. The first kappa shape index (κ1) is 23.1. The predicted molar refractivity (Wildman–Crippen MR) is 127 cm³/mol. The highest BCUT2D eigenvalue weighted by atomic mass is 16.5. The summed E-state index contributed by atoms with van der Waals surface area (Å²) in [5.41, 5.74) is 1.19. The number of amides is 2. The Morgan fingerprint density at radius 3 is 2.58 bits per heavy atom. The van der Waals surface area contributed by atoms with Gasteiger partial charge in [0.05, 0.1) is 26.1 Å². The molecule has 2 aliphatic heterocycles. The maximum Gasteiger partial charge on any atom is 0.227 e. The Kier molecular flexibility index (Phi) is 7.87. The first-order valence-corrected chi connectivity index (χ1v) is 12.0. The molecule has 0 aromatic heterocycles. The Hall–Kier alpha value is -3.02. The molecule has 2 aromatic carbocycles. The average molecular weight is 451 g/mol. The van der Waals surface area contributed by atoms with Crippen LogP contribution >= 0.6 is 0 Å². The Morgan fingerprint density at radius 1 is 0.970 bits per heavy atom. The van der Waals surface area contributed by atoms with E-state index in [2.05, 4.69) is 17.0 Å². The number of rotatable bonds is 8. The van der Waals surface area contributed by atoms with Crippen molar-refractivity contribution in [1.82, 2.24) is 9.80 Å². The zero-order chi connectivity index (χ0) is 23.0. The fourth-order valence-electron chi connectivity index (χ4n) is 4.98. The van der Waals surface area contributed by atoms with E-state index < -0.39 is 0 Å². The third-order valence-electron chi connectivity index (χ3n) is 6.72. The van der Waals surface area contributed by atoms with Gasteiger partial charge in [0.15, 0.2) is 0 Å². The molecule has 0 aliphatic carbocycles. The second-order valence-electron chi connectivity index (χ2n) is 8.97. The maximum atomic E-state index is 13.4. The van der Waals surface area contributed by atoms with Crippen LogP contribution in [0.3, 0.4) is 0 Å². The molecule has 2 aromatic rings. The topological polar surface area (TPSA) is 59.1 Å². The largest absolute Gasteiger partial charge is 0.497 e. The van der Waals surface area contributed by atoms with E-state index in [1.165, 1.54) is 5.56 Å². The summed E-state index contributed by atoms with van der Waals surface area (Å²) in [7, 11) is 1.68. The third-order valence-corrected chi connectivity index (χ3v) is 6.72. The van der Waals surface area contributed by atoms with Crippen molar-refractivity contribution in [3.8, 4) is 11.5 Å². The molecule has 0 bridgehead atoms. The van der Waals surface area contributed by atoms with Gasteiger partial charge in [0, 0.05) is 25.7 Å². The lowest BCUT2D eigenvalue weighted by Crippen LogP contribution is -2.48. The van der Waals surface area contributed by atoms with E-state index in [4.69, 9.17) is 9.47 Å². The van der Waals surface area contributed by atoms with Crippen molar-refractivity contribution < 1.29 is 19.1 Å². The maximum absolute atomic E-state index is 13.4. The van der Waals surface area contributed by atoms with Crippen LogP contribution in [-0.4, -0.2) is 61.0 Å². The number of para-hydroxylation sites is 1. The Bertz CT molecular complexity index is 933. The van der Waals surface area contributed by atoms with Gasteiger partial charge in [0.1, 0.15) is 11.5 Å². The van der Waals surface area contributed by atoms with Crippen molar-refractivity contribution in [2.24, 2.45) is 5.92 Å². The van der Waals surface area contributed by atoms with Crippen LogP contribution in [-0.2, 0) is 16.0 Å². The third kappa shape index (κ3) is 6.06. The van der Waals surface area contributed by atoms with E-state index >= 15 is 0 Å². The molecule has 176 valence electrons. The van der Waals surface area contributed by atoms with Gasteiger partial charge in [-0.15, -0.1) is 0 Å². The van der Waals surface area contributed by atoms with Crippen LogP contribution in [0, 0.1) is 5.92 Å². The molecule has 2 atom stereocenters. The normalized spacial score (nSPS) is 20.5. The van der Waals surface area contributed by atoms with Crippen molar-refractivity contribution in [3.05, 3.63) is 60.2 Å². The smallest absolute Gasteiger partial charge is 0.227 e. The fraction of sp³-hybridized carbons (Fsp3) is 0.481. The molecule has 33 heavy (non-hydrogen) atoms. The second kappa shape index (κ2) is 11.2. The summed E-state index contributed by atoms with van der Waals surface area (Å²) in [6.07, 6.45) is 4.95. The lowest BCUT2D eigenvalue weighted by atomic mass is 9.95. The Morgan fingerprint density at radius 2 is 1.76 bits per heavy atom. The molecule has 2 heterocycles. The first-order valence-electron chi connectivity index (χ1n) is 12.0. The van der Waals surface area contributed by atoms with Crippen molar-refractivity contribution in [3.63, 3.8) is 0 Å². The summed E-state index contributed by atoms with van der Waals surface area (Å²) in [6, 6.07) is 17.9. The highest BCUT2D eigenvalue weighted by Gasteiger charge is 2.36. The number of likely N-dealkylation sites (tertiary alicyclic amines) is 2. The summed E-state index contributed by atoms with van der Waals surface area (Å²) in [6.45, 7) is 2.40. The number of carbonyl (C=O) groups excluding carboxylic acids is 2. The summed E-state index contributed by atoms with van der Waals surface area (Å²) in [5.74, 6) is 1.79. The molecule has 2 saturated heterocycles. The van der Waals surface area contributed by atoms with Crippen LogP contribution in [0.4, 0.5) is 0 Å². The number of benzene rings is 2. The molecule has 0 saturated carbocycles. The number of piperidine rings is 1. The predicted octanol–water partition coefficient (Wildman–Crippen LogP) is 3.94. The van der Waals surface area contributed by atoms with Crippen LogP contribution < -0.4 is 9.47 Å². The molecule has 0 spiro atoms. The summed E-state index contributed by atoms with van der Waals surface area (Å²) in [5, 5.41) is 0. The molecule has 2 unspecified atom stereocenters. The van der Waals surface area contributed by atoms with Crippen molar-refractivity contribution in [1.29, 1.82) is 0 Å². The van der Waals surface area contributed by atoms with Gasteiger partial charge in [-0.2, -0.15) is 0 Å². The number of carbonyl (C=O) groups is 2. The zero-order valence-corrected chi connectivity index (χ0v) is 19.4. The number of hydrogen-bond acceptors (Lipinski definition) is 4. The highest BCUT2D eigenvalue weighted by Crippen LogP contribution is 2.27. The molecule has 6 heteroatoms. The minimum atomic E-state index is -0.108. The van der Waals surface area contributed by atoms with Gasteiger partial charge in [-0.25, -0.2) is 0 Å². The number of methoxy groups -OCH3 is 1. The standard InChI is InChI=1S/C27H34N2O4/c1-32-25-13-5-8-21(19-25)18-23-10-7-16-29(23)27(31)22-9-6-15-28(20-22)26(30)14-17-33-24-11-3-2-4-12-24/h2-5,8,11-13,19,22-23H,6-7,9-10,14-18,20H2,1H3. The SMILES string of the molecule is COc1cccc(CC2CCCN2C(=O)C2CCCN(C(=O)CCOc3ccccc3)C2)c1. The molecule has 6 nitrogen and oxygen atoms in total. The van der Waals surface area contributed by atoms with Crippen LogP contribution in [0.5, 0.6) is 11.5 Å². The lowest BCUT2D eigenvalue weighted by Gasteiger charge is -2.35. The van der Waals surface area contributed by atoms with Crippen LogP contribution in [0.15, 0.2) is 54.6 Å². The van der Waals surface area contributed by atoms with Crippen molar-refractivity contribution >= 4 is 11.8 Å². The monoisotopic (exact) mass is 450 g/mol. The minimum absolute atomic E-state index is 0.0674. The molecular formula is C27H34N2O4. The molecule has 2 fully saturated rings. The van der Waals surface area contributed by atoms with Crippen LogP contribution in [0.2, 0.25) is 0 Å².